The maximum Gasteiger partial charge on any atom is 0.243 e. The molecule has 1 aliphatic carbocycles. The molecule has 128 valence electrons. The molecule has 1 aromatic heterocycles. The lowest BCUT2D eigenvalue weighted by atomic mass is 9.84. The normalized spacial score (nSPS) is 20.2. The fraction of sp³-hybridized carbons (Fsp3) is 0.500. The third-order valence-corrected chi connectivity index (χ3v) is 6.84. The number of fused-ring (bicyclic) bond motifs is 1. The van der Waals surface area contributed by atoms with Crippen LogP contribution in [0.3, 0.4) is 0 Å². The molecule has 1 saturated heterocycles. The third-order valence-electron chi connectivity index (χ3n) is 4.95. The van der Waals surface area contributed by atoms with Crippen LogP contribution in [0.2, 0.25) is 0 Å². The van der Waals surface area contributed by atoms with Crippen molar-refractivity contribution in [2.75, 3.05) is 26.2 Å². The molecule has 4 rings (SSSR count). The molecule has 1 aliphatic heterocycles. The van der Waals surface area contributed by atoms with Crippen LogP contribution < -0.4 is 0 Å². The molecule has 2 aromatic rings. The second-order valence-electron chi connectivity index (χ2n) is 6.34. The van der Waals surface area contributed by atoms with Crippen molar-refractivity contribution in [3.63, 3.8) is 0 Å². The van der Waals surface area contributed by atoms with Crippen LogP contribution in [0.25, 0.3) is 11.1 Å². The molecule has 2 aliphatic rings. The largest absolute Gasteiger partial charge is 0.443 e. The molecule has 2 fully saturated rings. The van der Waals surface area contributed by atoms with E-state index < -0.39 is 10.0 Å². The Bertz CT molecular complexity index is 864. The Kier molecular flexibility index (Phi) is 3.80. The maximum absolute atomic E-state index is 12.8. The minimum atomic E-state index is -3.58. The second-order valence-corrected chi connectivity index (χ2v) is 8.28. The van der Waals surface area contributed by atoms with Crippen molar-refractivity contribution in [1.29, 1.82) is 0 Å². The summed E-state index contributed by atoms with van der Waals surface area (Å²) in [6, 6.07) is 4.69. The monoisotopic (exact) mass is 349 g/mol. The van der Waals surface area contributed by atoms with E-state index in [-0.39, 0.29) is 16.7 Å². The van der Waals surface area contributed by atoms with Crippen LogP contribution in [0.5, 0.6) is 0 Å². The maximum atomic E-state index is 12.8. The van der Waals surface area contributed by atoms with Gasteiger partial charge in [-0.25, -0.2) is 13.4 Å². The number of oxazole rings is 1. The van der Waals surface area contributed by atoms with Gasteiger partial charge >= 0.3 is 0 Å². The van der Waals surface area contributed by atoms with Gasteiger partial charge in [-0.3, -0.25) is 4.79 Å². The van der Waals surface area contributed by atoms with Crippen LogP contribution in [0, 0.1) is 5.92 Å². The van der Waals surface area contributed by atoms with E-state index in [4.69, 9.17) is 4.42 Å². The summed E-state index contributed by atoms with van der Waals surface area (Å²) in [4.78, 5) is 18.3. The summed E-state index contributed by atoms with van der Waals surface area (Å²) in [5.74, 6) is 0.336. The molecule has 2 heterocycles. The Labute approximate surface area is 140 Å². The zero-order chi connectivity index (χ0) is 16.7. The smallest absolute Gasteiger partial charge is 0.243 e. The van der Waals surface area contributed by atoms with Crippen LogP contribution in [0.15, 0.2) is 33.9 Å². The van der Waals surface area contributed by atoms with E-state index in [2.05, 4.69) is 4.98 Å². The topological polar surface area (TPSA) is 83.7 Å². The Morgan fingerprint density at radius 3 is 2.58 bits per heavy atom. The molecule has 1 aromatic carbocycles. The van der Waals surface area contributed by atoms with Crippen molar-refractivity contribution >= 4 is 27.0 Å². The summed E-state index contributed by atoms with van der Waals surface area (Å²) in [6.07, 6.45) is 4.35. The molecule has 0 unspecified atom stereocenters. The highest BCUT2D eigenvalue weighted by atomic mass is 32.2. The van der Waals surface area contributed by atoms with Gasteiger partial charge in [-0.2, -0.15) is 4.31 Å². The molecule has 0 bridgehead atoms. The standard InChI is InChI=1S/C16H19N3O4S/c20-16(12-2-1-3-12)18-6-8-19(9-7-18)24(21,22)13-4-5-14-15(10-13)23-11-17-14/h4-5,10-12H,1-3,6-9H2. The first kappa shape index (κ1) is 15.6. The van der Waals surface area contributed by atoms with Gasteiger partial charge in [0.15, 0.2) is 12.0 Å². The number of sulfonamides is 1. The van der Waals surface area contributed by atoms with Crippen molar-refractivity contribution in [2.45, 2.75) is 24.2 Å². The first-order chi connectivity index (χ1) is 11.6. The molecular formula is C16H19N3O4S. The minimum Gasteiger partial charge on any atom is -0.443 e. The molecule has 0 atom stereocenters. The van der Waals surface area contributed by atoms with Gasteiger partial charge in [0.2, 0.25) is 15.9 Å². The number of hydrogen-bond acceptors (Lipinski definition) is 5. The van der Waals surface area contributed by atoms with E-state index in [1.54, 1.807) is 17.0 Å². The number of carbonyl (C=O) groups is 1. The quantitative estimate of drug-likeness (QED) is 0.838. The van der Waals surface area contributed by atoms with Crippen molar-refractivity contribution in [3.8, 4) is 0 Å². The molecule has 7 nitrogen and oxygen atoms in total. The van der Waals surface area contributed by atoms with Crippen molar-refractivity contribution in [1.82, 2.24) is 14.2 Å². The zero-order valence-corrected chi connectivity index (χ0v) is 14.0. The van der Waals surface area contributed by atoms with Crippen molar-refractivity contribution in [2.24, 2.45) is 5.92 Å². The fourth-order valence-corrected chi connectivity index (χ4v) is 4.65. The van der Waals surface area contributed by atoms with E-state index in [9.17, 15) is 13.2 Å². The summed E-state index contributed by atoms with van der Waals surface area (Å²) < 4.78 is 32.2. The van der Waals surface area contributed by atoms with Crippen LogP contribution in [0.4, 0.5) is 0 Å². The Morgan fingerprint density at radius 2 is 1.92 bits per heavy atom. The Balaban J connectivity index is 1.48. The van der Waals surface area contributed by atoms with Gasteiger partial charge in [-0.05, 0) is 25.0 Å². The van der Waals surface area contributed by atoms with Crippen molar-refractivity contribution in [3.05, 3.63) is 24.6 Å². The van der Waals surface area contributed by atoms with Gasteiger partial charge in [0.1, 0.15) is 5.52 Å². The highest BCUT2D eigenvalue weighted by Crippen LogP contribution is 2.29. The number of hydrogen-bond donors (Lipinski definition) is 0. The molecule has 24 heavy (non-hydrogen) atoms. The fourth-order valence-electron chi connectivity index (χ4n) is 3.21. The number of aromatic nitrogens is 1. The summed E-state index contributed by atoms with van der Waals surface area (Å²) in [7, 11) is -3.58. The Morgan fingerprint density at radius 1 is 1.17 bits per heavy atom. The molecule has 0 N–H and O–H groups in total. The van der Waals surface area contributed by atoms with Gasteiger partial charge in [-0.15, -0.1) is 0 Å². The number of benzene rings is 1. The first-order valence-electron chi connectivity index (χ1n) is 8.18. The van der Waals surface area contributed by atoms with Gasteiger partial charge in [0.05, 0.1) is 4.90 Å². The lowest BCUT2D eigenvalue weighted by molar-refractivity contribution is -0.139. The van der Waals surface area contributed by atoms with E-state index in [0.717, 1.165) is 19.3 Å². The SMILES string of the molecule is O=C(C1CCC1)N1CCN(S(=O)(=O)c2ccc3ncoc3c2)CC1. The summed E-state index contributed by atoms with van der Waals surface area (Å²) >= 11 is 0. The van der Waals surface area contributed by atoms with E-state index in [1.807, 2.05) is 0 Å². The zero-order valence-electron chi connectivity index (χ0n) is 13.2. The van der Waals surface area contributed by atoms with Gasteiger partial charge in [-0.1, -0.05) is 6.42 Å². The van der Waals surface area contributed by atoms with Crippen LogP contribution in [-0.4, -0.2) is 54.7 Å². The number of carbonyl (C=O) groups excluding carboxylic acids is 1. The first-order valence-corrected chi connectivity index (χ1v) is 9.62. The van der Waals surface area contributed by atoms with Gasteiger partial charge < -0.3 is 9.32 Å². The predicted molar refractivity (Wildman–Crippen MR) is 86.7 cm³/mol. The average Bonchev–Trinajstić information content (AvgIpc) is 3.01. The van der Waals surface area contributed by atoms with E-state index in [0.29, 0.717) is 37.3 Å². The van der Waals surface area contributed by atoms with Gasteiger partial charge in [0, 0.05) is 38.2 Å². The average molecular weight is 349 g/mol. The van der Waals surface area contributed by atoms with Crippen LogP contribution >= 0.6 is 0 Å². The van der Waals surface area contributed by atoms with Crippen molar-refractivity contribution < 1.29 is 17.6 Å². The molecular weight excluding hydrogens is 330 g/mol. The van der Waals surface area contributed by atoms with E-state index >= 15 is 0 Å². The number of rotatable bonds is 3. The highest BCUT2D eigenvalue weighted by molar-refractivity contribution is 7.89. The molecule has 0 radical (unpaired) electrons. The molecule has 8 heteroatoms. The summed E-state index contributed by atoms with van der Waals surface area (Å²) in [6.45, 7) is 1.57. The molecule has 1 amide bonds. The van der Waals surface area contributed by atoms with Crippen LogP contribution in [0.1, 0.15) is 19.3 Å². The van der Waals surface area contributed by atoms with E-state index in [1.165, 1.54) is 16.8 Å². The number of piperazine rings is 1. The van der Waals surface area contributed by atoms with Crippen LogP contribution in [-0.2, 0) is 14.8 Å². The lowest BCUT2D eigenvalue weighted by Crippen LogP contribution is -2.52. The molecule has 1 saturated carbocycles. The summed E-state index contributed by atoms with van der Waals surface area (Å²) in [5, 5.41) is 0. The minimum absolute atomic E-state index is 0.155. The number of nitrogens with zero attached hydrogens (tertiary/aromatic N) is 3. The third kappa shape index (κ3) is 2.59. The van der Waals surface area contributed by atoms with Gasteiger partial charge in [0.25, 0.3) is 0 Å². The summed E-state index contributed by atoms with van der Waals surface area (Å²) in [5.41, 5.74) is 1.08. The Hall–Kier alpha value is -1.93. The highest BCUT2D eigenvalue weighted by Gasteiger charge is 2.34. The second kappa shape index (κ2) is 5.86. The number of amides is 1. The predicted octanol–water partition coefficient (Wildman–Crippen LogP) is 1.46. The lowest BCUT2D eigenvalue weighted by Gasteiger charge is -2.37. The molecule has 0 spiro atoms.